The van der Waals surface area contributed by atoms with Crippen molar-refractivity contribution in [3.05, 3.63) is 89.2 Å². The molecule has 0 saturated heterocycles. The first-order chi connectivity index (χ1) is 17.4. The molecule has 1 aromatic heterocycles. The minimum Gasteiger partial charge on any atom is -0.497 e. The Bertz CT molecular complexity index is 1450. The average Bonchev–Trinajstić information content (AvgIpc) is 3.22. The van der Waals surface area contributed by atoms with E-state index in [0.29, 0.717) is 63.0 Å². The number of hydrogen-bond acceptors (Lipinski definition) is 7. The first-order valence-electron chi connectivity index (χ1n) is 11.4. The Balaban J connectivity index is 1.53. The Labute approximate surface area is 208 Å². The maximum atomic E-state index is 13.0. The molecule has 7 nitrogen and oxygen atoms in total. The number of furan rings is 1. The van der Waals surface area contributed by atoms with E-state index >= 15 is 0 Å². The lowest BCUT2D eigenvalue weighted by Crippen LogP contribution is -2.09. The summed E-state index contributed by atoms with van der Waals surface area (Å²) in [7, 11) is 3.04. The maximum absolute atomic E-state index is 13.0. The molecule has 0 spiro atoms. The molecule has 0 unspecified atom stereocenters. The molecule has 4 aromatic rings. The molecule has 1 heterocycles. The SMILES string of the molecule is CCOc1ccc2oc(C)c(C(=O)Oc3cccc(C=CC(=O)c4ccc(OC)cc4OC)c3)c2c1. The van der Waals surface area contributed by atoms with Crippen LogP contribution < -0.4 is 18.9 Å². The van der Waals surface area contributed by atoms with Crippen LogP contribution in [0.25, 0.3) is 17.0 Å². The van der Waals surface area contributed by atoms with Gasteiger partial charge in [0.05, 0.1) is 26.4 Å². The fraction of sp³-hybridized carbons (Fsp3) is 0.172. The molecule has 7 heteroatoms. The highest BCUT2D eigenvalue weighted by Gasteiger charge is 2.21. The van der Waals surface area contributed by atoms with Crippen molar-refractivity contribution in [2.24, 2.45) is 0 Å². The number of aryl methyl sites for hydroxylation is 1. The lowest BCUT2D eigenvalue weighted by Gasteiger charge is -2.08. The van der Waals surface area contributed by atoms with Gasteiger partial charge in [0.15, 0.2) is 5.78 Å². The van der Waals surface area contributed by atoms with E-state index in [2.05, 4.69) is 0 Å². The molecule has 0 saturated carbocycles. The second-order valence-corrected chi connectivity index (χ2v) is 7.85. The molecule has 4 rings (SSSR count). The van der Waals surface area contributed by atoms with Crippen LogP contribution in [0.1, 0.15) is 39.0 Å². The Hall–Kier alpha value is -4.52. The van der Waals surface area contributed by atoms with Gasteiger partial charge in [0.2, 0.25) is 0 Å². The molecule has 0 radical (unpaired) electrons. The van der Waals surface area contributed by atoms with Gasteiger partial charge in [-0.25, -0.2) is 4.79 Å². The first kappa shape index (κ1) is 24.6. The lowest BCUT2D eigenvalue weighted by atomic mass is 10.1. The Morgan fingerprint density at radius 2 is 1.72 bits per heavy atom. The summed E-state index contributed by atoms with van der Waals surface area (Å²) in [6, 6.07) is 17.2. The largest absolute Gasteiger partial charge is 0.497 e. The zero-order valence-electron chi connectivity index (χ0n) is 20.5. The molecular formula is C29H26O7. The minimum atomic E-state index is -0.542. The fourth-order valence-electron chi connectivity index (χ4n) is 3.81. The number of allylic oxidation sites excluding steroid dienone is 1. The van der Waals surface area contributed by atoms with Crippen molar-refractivity contribution < 1.29 is 33.0 Å². The normalized spacial score (nSPS) is 11.0. The Morgan fingerprint density at radius 1 is 0.917 bits per heavy atom. The Kier molecular flexibility index (Phi) is 7.39. The van der Waals surface area contributed by atoms with E-state index in [1.54, 1.807) is 80.8 Å². The molecule has 0 aliphatic heterocycles. The highest BCUT2D eigenvalue weighted by atomic mass is 16.5. The van der Waals surface area contributed by atoms with Gasteiger partial charge in [-0.15, -0.1) is 0 Å². The van der Waals surface area contributed by atoms with E-state index in [1.807, 2.05) is 6.92 Å². The third-order valence-electron chi connectivity index (χ3n) is 5.52. The summed E-state index contributed by atoms with van der Waals surface area (Å²) in [4.78, 5) is 25.8. The van der Waals surface area contributed by atoms with Gasteiger partial charge < -0.3 is 23.4 Å². The number of hydrogen-bond donors (Lipinski definition) is 0. The van der Waals surface area contributed by atoms with E-state index in [0.717, 1.165) is 0 Å². The quantitative estimate of drug-likeness (QED) is 0.119. The minimum absolute atomic E-state index is 0.234. The van der Waals surface area contributed by atoms with Crippen molar-refractivity contribution in [1.82, 2.24) is 0 Å². The van der Waals surface area contributed by atoms with Crippen LogP contribution in [0.2, 0.25) is 0 Å². The summed E-state index contributed by atoms with van der Waals surface area (Å²) in [6.45, 7) is 4.12. The topological polar surface area (TPSA) is 84.2 Å². The van der Waals surface area contributed by atoms with Gasteiger partial charge in [0.1, 0.15) is 39.9 Å². The third kappa shape index (κ3) is 5.25. The van der Waals surface area contributed by atoms with Crippen LogP contribution in [-0.2, 0) is 0 Å². The molecule has 0 aliphatic rings. The van der Waals surface area contributed by atoms with Crippen LogP contribution in [0, 0.1) is 6.92 Å². The van der Waals surface area contributed by atoms with Crippen molar-refractivity contribution in [3.8, 4) is 23.0 Å². The van der Waals surface area contributed by atoms with Crippen LogP contribution >= 0.6 is 0 Å². The molecule has 0 fully saturated rings. The van der Waals surface area contributed by atoms with Gasteiger partial charge in [-0.3, -0.25) is 4.79 Å². The average molecular weight is 487 g/mol. The van der Waals surface area contributed by atoms with E-state index in [-0.39, 0.29) is 5.78 Å². The standard InChI is InChI=1S/C29H26O7/c1-5-34-21-11-14-26-24(16-21)28(18(2)35-26)29(31)36-22-8-6-7-19(15-22)9-13-25(30)23-12-10-20(32-3)17-27(23)33-4/h6-17H,5H2,1-4H3. The zero-order valence-corrected chi connectivity index (χ0v) is 20.5. The predicted octanol–water partition coefficient (Wildman–Crippen LogP) is 6.27. The van der Waals surface area contributed by atoms with E-state index in [4.69, 9.17) is 23.4 Å². The van der Waals surface area contributed by atoms with Crippen molar-refractivity contribution in [2.75, 3.05) is 20.8 Å². The molecule has 0 atom stereocenters. The number of rotatable bonds is 9. The van der Waals surface area contributed by atoms with Gasteiger partial charge in [-0.1, -0.05) is 18.2 Å². The molecular weight excluding hydrogens is 460 g/mol. The summed E-state index contributed by atoms with van der Waals surface area (Å²) in [6.07, 6.45) is 3.09. The smallest absolute Gasteiger partial charge is 0.347 e. The number of ether oxygens (including phenoxy) is 4. The van der Waals surface area contributed by atoms with Crippen molar-refractivity contribution in [2.45, 2.75) is 13.8 Å². The Morgan fingerprint density at radius 3 is 2.47 bits per heavy atom. The zero-order chi connectivity index (χ0) is 25.7. The summed E-state index contributed by atoms with van der Waals surface area (Å²) in [5.41, 5.74) is 2.01. The monoisotopic (exact) mass is 486 g/mol. The third-order valence-corrected chi connectivity index (χ3v) is 5.52. The first-order valence-corrected chi connectivity index (χ1v) is 11.4. The molecule has 36 heavy (non-hydrogen) atoms. The molecule has 0 amide bonds. The summed E-state index contributed by atoms with van der Waals surface area (Å²) in [5.74, 6) is 1.68. The van der Waals surface area contributed by atoms with Gasteiger partial charge in [0, 0.05) is 11.5 Å². The summed E-state index contributed by atoms with van der Waals surface area (Å²) >= 11 is 0. The van der Waals surface area contributed by atoms with Crippen molar-refractivity contribution in [3.63, 3.8) is 0 Å². The van der Waals surface area contributed by atoms with Crippen molar-refractivity contribution in [1.29, 1.82) is 0 Å². The highest BCUT2D eigenvalue weighted by Crippen LogP contribution is 2.30. The number of esters is 1. The van der Waals surface area contributed by atoms with E-state index < -0.39 is 5.97 Å². The van der Waals surface area contributed by atoms with E-state index in [9.17, 15) is 9.59 Å². The predicted molar refractivity (Wildman–Crippen MR) is 136 cm³/mol. The van der Waals surface area contributed by atoms with E-state index in [1.165, 1.54) is 13.2 Å². The van der Waals surface area contributed by atoms with Gasteiger partial charge in [0.25, 0.3) is 0 Å². The highest BCUT2D eigenvalue weighted by molar-refractivity contribution is 6.09. The number of benzene rings is 3. The maximum Gasteiger partial charge on any atom is 0.347 e. The number of fused-ring (bicyclic) bond motifs is 1. The van der Waals surface area contributed by atoms with Crippen LogP contribution in [0.4, 0.5) is 0 Å². The fourth-order valence-corrected chi connectivity index (χ4v) is 3.81. The van der Waals surface area contributed by atoms with Crippen LogP contribution in [-0.4, -0.2) is 32.6 Å². The van der Waals surface area contributed by atoms with Crippen LogP contribution in [0.15, 0.2) is 71.2 Å². The van der Waals surface area contributed by atoms with Gasteiger partial charge >= 0.3 is 5.97 Å². The lowest BCUT2D eigenvalue weighted by molar-refractivity contribution is 0.0734. The van der Waals surface area contributed by atoms with Gasteiger partial charge in [-0.05, 0) is 68.0 Å². The molecule has 0 bridgehead atoms. The second-order valence-electron chi connectivity index (χ2n) is 7.85. The molecule has 0 aliphatic carbocycles. The molecule has 3 aromatic carbocycles. The second kappa shape index (κ2) is 10.8. The van der Waals surface area contributed by atoms with Crippen molar-refractivity contribution >= 4 is 28.8 Å². The number of ketones is 1. The van der Waals surface area contributed by atoms with Gasteiger partial charge in [-0.2, -0.15) is 0 Å². The molecule has 0 N–H and O–H groups in total. The summed E-state index contributed by atoms with van der Waals surface area (Å²) < 4.78 is 27.4. The summed E-state index contributed by atoms with van der Waals surface area (Å²) in [5, 5.41) is 0.624. The number of carbonyl (C=O) groups excluding carboxylic acids is 2. The van der Waals surface area contributed by atoms with Crippen LogP contribution in [0.3, 0.4) is 0 Å². The number of carbonyl (C=O) groups is 2. The molecule has 184 valence electrons. The number of methoxy groups -OCH3 is 2. The van der Waals surface area contributed by atoms with Crippen LogP contribution in [0.5, 0.6) is 23.0 Å².